The summed E-state index contributed by atoms with van der Waals surface area (Å²) in [5.74, 6) is 3.78. The van der Waals surface area contributed by atoms with Crippen molar-refractivity contribution in [2.75, 3.05) is 30.3 Å². The predicted octanol–water partition coefficient (Wildman–Crippen LogP) is 2.06. The van der Waals surface area contributed by atoms with Crippen LogP contribution in [0.5, 0.6) is 0 Å². The molecule has 0 amide bonds. The average Bonchev–Trinajstić information content (AvgIpc) is 2.54. The molecule has 0 aromatic carbocycles. The van der Waals surface area contributed by atoms with Crippen LogP contribution in [0.25, 0.3) is 0 Å². The molecule has 1 aliphatic rings. The van der Waals surface area contributed by atoms with Crippen molar-refractivity contribution in [2.24, 2.45) is 0 Å². The summed E-state index contributed by atoms with van der Waals surface area (Å²) in [7, 11) is 0. The molecule has 0 spiro atoms. The first kappa shape index (κ1) is 17.0. The molecule has 1 fully saturated rings. The highest BCUT2D eigenvalue weighted by atomic mass is 15.2. The van der Waals surface area contributed by atoms with Crippen molar-refractivity contribution in [3.63, 3.8) is 0 Å². The highest BCUT2D eigenvalue weighted by Crippen LogP contribution is 2.19. The van der Waals surface area contributed by atoms with Crippen LogP contribution in [0.4, 0.5) is 11.8 Å². The van der Waals surface area contributed by atoms with Gasteiger partial charge in [-0.2, -0.15) is 4.98 Å². The van der Waals surface area contributed by atoms with Crippen LogP contribution in [-0.4, -0.2) is 35.6 Å². The van der Waals surface area contributed by atoms with E-state index in [9.17, 15) is 0 Å². The van der Waals surface area contributed by atoms with Crippen LogP contribution >= 0.6 is 0 Å². The molecule has 0 radical (unpaired) electrons. The van der Waals surface area contributed by atoms with E-state index in [-0.39, 0.29) is 0 Å². The van der Waals surface area contributed by atoms with E-state index in [1.165, 1.54) is 5.57 Å². The molecule has 1 aromatic heterocycles. The highest BCUT2D eigenvalue weighted by Gasteiger charge is 2.21. The van der Waals surface area contributed by atoms with Crippen molar-refractivity contribution in [2.45, 2.75) is 32.7 Å². The minimum atomic E-state index is 0.339. The lowest BCUT2D eigenvalue weighted by atomic mass is 10.0. The molecule has 23 heavy (non-hydrogen) atoms. The molecule has 0 aliphatic carbocycles. The van der Waals surface area contributed by atoms with Crippen LogP contribution in [-0.2, 0) is 0 Å². The van der Waals surface area contributed by atoms with E-state index in [0.29, 0.717) is 12.0 Å². The molecule has 2 rings (SSSR count). The third kappa shape index (κ3) is 5.11. The maximum atomic E-state index is 5.77. The molecular weight excluding hydrogens is 286 g/mol. The standard InChI is InChI=1S/C18H25N5/c1-4-6-8-15(5-2)12-20-16-9-7-10-23(13-16)17-11-14(3)21-18(19)22-17/h1,5-6,8,11,16,20H,7,9-10,12-13H2,2-3H3,(H2,19,21,22)/b8-6-,15-5+. The van der Waals surface area contributed by atoms with Crippen LogP contribution in [0.15, 0.2) is 29.9 Å². The summed E-state index contributed by atoms with van der Waals surface area (Å²) in [6, 6.07) is 2.42. The Morgan fingerprint density at radius 3 is 3.09 bits per heavy atom. The van der Waals surface area contributed by atoms with E-state index in [1.54, 1.807) is 6.08 Å². The number of nitrogens with two attached hydrogens (primary N) is 1. The van der Waals surface area contributed by atoms with Crippen LogP contribution in [0, 0.1) is 19.3 Å². The quantitative estimate of drug-likeness (QED) is 0.643. The number of piperidine rings is 1. The molecule has 5 heteroatoms. The number of nitrogens with one attached hydrogen (secondary N) is 1. The SMILES string of the molecule is C#C/C=C\C(=C/C)CNC1CCCN(c2cc(C)nc(N)n2)C1. The Labute approximate surface area is 138 Å². The zero-order chi connectivity index (χ0) is 16.7. The largest absolute Gasteiger partial charge is 0.368 e. The number of terminal acetylenes is 1. The van der Waals surface area contributed by atoms with Crippen molar-refractivity contribution in [3.05, 3.63) is 35.6 Å². The molecule has 122 valence electrons. The Bertz CT molecular complexity index is 607. The van der Waals surface area contributed by atoms with Gasteiger partial charge in [-0.05, 0) is 44.4 Å². The summed E-state index contributed by atoms with van der Waals surface area (Å²) in [5.41, 5.74) is 7.87. The molecule has 0 bridgehead atoms. The molecule has 0 saturated carbocycles. The maximum Gasteiger partial charge on any atom is 0.222 e. The highest BCUT2D eigenvalue weighted by molar-refractivity contribution is 5.44. The van der Waals surface area contributed by atoms with E-state index in [1.807, 2.05) is 26.0 Å². The third-order valence-electron chi connectivity index (χ3n) is 3.96. The first-order chi connectivity index (χ1) is 11.1. The third-order valence-corrected chi connectivity index (χ3v) is 3.96. The van der Waals surface area contributed by atoms with Crippen molar-refractivity contribution in [3.8, 4) is 12.3 Å². The second kappa shape index (κ2) is 8.35. The Morgan fingerprint density at radius 1 is 1.57 bits per heavy atom. The fraction of sp³-hybridized carbons (Fsp3) is 0.444. The van der Waals surface area contributed by atoms with Gasteiger partial charge < -0.3 is 16.0 Å². The van der Waals surface area contributed by atoms with Gasteiger partial charge in [-0.25, -0.2) is 4.98 Å². The van der Waals surface area contributed by atoms with Gasteiger partial charge in [0.1, 0.15) is 5.82 Å². The Kier molecular flexibility index (Phi) is 6.19. The fourth-order valence-corrected chi connectivity index (χ4v) is 2.76. The number of allylic oxidation sites excluding steroid dienone is 2. The van der Waals surface area contributed by atoms with Crippen LogP contribution in [0.3, 0.4) is 0 Å². The Balaban J connectivity index is 1.95. The molecular formula is C18H25N5. The topological polar surface area (TPSA) is 67.1 Å². The van der Waals surface area contributed by atoms with Crippen molar-refractivity contribution >= 4 is 11.8 Å². The summed E-state index contributed by atoms with van der Waals surface area (Å²) >= 11 is 0. The van der Waals surface area contributed by atoms with Crippen molar-refractivity contribution in [1.29, 1.82) is 0 Å². The number of rotatable bonds is 5. The smallest absolute Gasteiger partial charge is 0.222 e. The van der Waals surface area contributed by atoms with Gasteiger partial charge in [0.15, 0.2) is 0 Å². The van der Waals surface area contributed by atoms with Gasteiger partial charge in [0, 0.05) is 37.4 Å². The fourth-order valence-electron chi connectivity index (χ4n) is 2.76. The molecule has 1 saturated heterocycles. The van der Waals surface area contributed by atoms with Gasteiger partial charge in [-0.3, -0.25) is 0 Å². The number of anilines is 2. The summed E-state index contributed by atoms with van der Waals surface area (Å²) in [6.45, 7) is 6.71. The van der Waals surface area contributed by atoms with E-state index in [4.69, 9.17) is 12.2 Å². The van der Waals surface area contributed by atoms with Crippen molar-refractivity contribution in [1.82, 2.24) is 15.3 Å². The number of hydrogen-bond donors (Lipinski definition) is 2. The van der Waals surface area contributed by atoms with Gasteiger partial charge in [-0.1, -0.05) is 12.0 Å². The number of hydrogen-bond acceptors (Lipinski definition) is 5. The number of aromatic nitrogens is 2. The van der Waals surface area contributed by atoms with Gasteiger partial charge in [0.25, 0.3) is 0 Å². The minimum Gasteiger partial charge on any atom is -0.368 e. The lowest BCUT2D eigenvalue weighted by Gasteiger charge is -2.34. The van der Waals surface area contributed by atoms with E-state index in [2.05, 4.69) is 32.2 Å². The lowest BCUT2D eigenvalue weighted by molar-refractivity contribution is 0.434. The summed E-state index contributed by atoms with van der Waals surface area (Å²) < 4.78 is 0. The molecule has 1 atom stereocenters. The van der Waals surface area contributed by atoms with Crippen molar-refractivity contribution < 1.29 is 0 Å². The Hall–Kier alpha value is -2.32. The first-order valence-corrected chi connectivity index (χ1v) is 7.99. The summed E-state index contributed by atoms with van der Waals surface area (Å²) in [6.07, 6.45) is 13.3. The molecule has 5 nitrogen and oxygen atoms in total. The predicted molar refractivity (Wildman–Crippen MR) is 96.1 cm³/mol. The van der Waals surface area contributed by atoms with Gasteiger partial charge in [0.05, 0.1) is 0 Å². The molecule has 1 unspecified atom stereocenters. The Morgan fingerprint density at radius 2 is 2.39 bits per heavy atom. The van der Waals surface area contributed by atoms with Gasteiger partial charge in [0.2, 0.25) is 5.95 Å². The minimum absolute atomic E-state index is 0.339. The monoisotopic (exact) mass is 311 g/mol. The first-order valence-electron chi connectivity index (χ1n) is 7.99. The maximum absolute atomic E-state index is 5.77. The lowest BCUT2D eigenvalue weighted by Crippen LogP contribution is -2.46. The molecule has 1 aliphatic heterocycles. The number of nitrogens with zero attached hydrogens (tertiary/aromatic N) is 3. The van der Waals surface area contributed by atoms with E-state index >= 15 is 0 Å². The van der Waals surface area contributed by atoms with Crippen LogP contribution in [0.2, 0.25) is 0 Å². The van der Waals surface area contributed by atoms with Gasteiger partial charge in [-0.15, -0.1) is 6.42 Å². The normalized spacial score (nSPS) is 19.1. The van der Waals surface area contributed by atoms with Crippen LogP contribution in [0.1, 0.15) is 25.5 Å². The summed E-state index contributed by atoms with van der Waals surface area (Å²) in [5, 5.41) is 3.61. The zero-order valence-corrected chi connectivity index (χ0v) is 13.9. The number of aryl methyl sites for hydroxylation is 1. The second-order valence-corrected chi connectivity index (χ2v) is 5.76. The van der Waals surface area contributed by atoms with E-state index < -0.39 is 0 Å². The average molecular weight is 311 g/mol. The zero-order valence-electron chi connectivity index (χ0n) is 13.9. The van der Waals surface area contributed by atoms with E-state index in [0.717, 1.165) is 44.0 Å². The molecule has 3 N–H and O–H groups in total. The second-order valence-electron chi connectivity index (χ2n) is 5.76. The molecule has 2 heterocycles. The van der Waals surface area contributed by atoms with Gasteiger partial charge >= 0.3 is 0 Å². The summed E-state index contributed by atoms with van der Waals surface area (Å²) in [4.78, 5) is 10.8. The van der Waals surface area contributed by atoms with Crippen LogP contribution < -0.4 is 16.0 Å². The number of nitrogen functional groups attached to an aromatic ring is 1. The molecule has 1 aromatic rings.